The van der Waals surface area contributed by atoms with Crippen LogP contribution in [0.1, 0.15) is 59.3 Å². The van der Waals surface area contributed by atoms with E-state index in [1.807, 2.05) is 0 Å². The third-order valence-corrected chi connectivity index (χ3v) is 13.5. The number of halogens is 2. The zero-order valence-corrected chi connectivity index (χ0v) is 15.6. The Morgan fingerprint density at radius 1 is 0.600 bits per heavy atom. The molecule has 0 aliphatic heterocycles. The maximum atomic E-state index is 2.33. The molecule has 0 amide bonds. The van der Waals surface area contributed by atoms with Gasteiger partial charge in [-0.05, 0) is 0 Å². The molecule has 94 valence electrons. The largest absolute Gasteiger partial charge is 1.00 e. The van der Waals surface area contributed by atoms with Crippen LogP contribution in [0.4, 0.5) is 0 Å². The average Bonchev–Trinajstić information content (AvgIpc) is 2.17. The second kappa shape index (κ2) is 17.8. The monoisotopic (exact) mass is 450 g/mol. The molecule has 0 nitrogen and oxygen atoms in total. The molecule has 0 aromatic rings. The van der Waals surface area contributed by atoms with Crippen molar-refractivity contribution in [3.8, 4) is 0 Å². The maximum absolute atomic E-state index is 2.33. The summed E-state index contributed by atoms with van der Waals surface area (Å²) in [6.45, 7) is 7.00. The summed E-state index contributed by atoms with van der Waals surface area (Å²) in [4.78, 5) is 0. The Hall–Kier alpha value is 1.46. The van der Waals surface area contributed by atoms with Crippen LogP contribution in [0.2, 0.25) is 12.4 Å². The summed E-state index contributed by atoms with van der Waals surface area (Å²) in [6, 6.07) is 0. The van der Waals surface area contributed by atoms with Crippen molar-refractivity contribution in [1.82, 2.24) is 0 Å². The molecular weight excluding hydrogens is 424 g/mol. The Bertz CT molecular complexity index is 80.6. The van der Waals surface area contributed by atoms with Crippen LogP contribution in [0, 0.1) is 0 Å². The summed E-state index contributed by atoms with van der Waals surface area (Å²) in [5, 5.41) is 0. The molecular formula is C12H27BiCl2. The predicted molar refractivity (Wildman–Crippen MR) is 64.9 cm³/mol. The van der Waals surface area contributed by atoms with E-state index < -0.39 is 21.8 Å². The van der Waals surface area contributed by atoms with Crippen LogP contribution in [-0.2, 0) is 0 Å². The van der Waals surface area contributed by atoms with Gasteiger partial charge in [-0.15, -0.1) is 0 Å². The van der Waals surface area contributed by atoms with Gasteiger partial charge in [0.05, 0.1) is 0 Å². The summed E-state index contributed by atoms with van der Waals surface area (Å²) in [7, 11) is 0. The van der Waals surface area contributed by atoms with Crippen LogP contribution in [0.3, 0.4) is 0 Å². The van der Waals surface area contributed by atoms with Crippen molar-refractivity contribution in [2.45, 2.75) is 71.7 Å². The minimum atomic E-state index is -0.907. The fourth-order valence-corrected chi connectivity index (χ4v) is 13.0. The van der Waals surface area contributed by atoms with Crippen LogP contribution in [0.5, 0.6) is 0 Å². The van der Waals surface area contributed by atoms with Gasteiger partial charge in [-0.2, -0.15) is 0 Å². The molecule has 0 heterocycles. The molecule has 0 bridgehead atoms. The molecule has 0 fully saturated rings. The first-order valence-corrected chi connectivity index (χ1v) is 13.4. The van der Waals surface area contributed by atoms with E-state index in [0.29, 0.717) is 0 Å². The van der Waals surface area contributed by atoms with Crippen molar-refractivity contribution in [3.63, 3.8) is 0 Å². The number of unbranched alkanes of at least 4 members (excludes halogenated alkanes) is 3. The normalized spacial score (nSPS) is 9.00. The second-order valence-corrected chi connectivity index (χ2v) is 14.3. The van der Waals surface area contributed by atoms with Gasteiger partial charge in [-0.3, -0.25) is 0 Å². The summed E-state index contributed by atoms with van der Waals surface area (Å²) >= 11 is -0.907. The van der Waals surface area contributed by atoms with E-state index in [0.717, 1.165) is 0 Å². The van der Waals surface area contributed by atoms with Gasteiger partial charge in [0.15, 0.2) is 0 Å². The zero-order chi connectivity index (χ0) is 9.94. The minimum absolute atomic E-state index is 0. The third-order valence-electron chi connectivity index (χ3n) is 2.48. The molecule has 0 N–H and O–H groups in total. The summed E-state index contributed by atoms with van der Waals surface area (Å²) in [6.07, 6.45) is 8.86. The Balaban J connectivity index is -0.000000720. The average molecular weight is 451 g/mol. The SMILES string of the molecule is CCC[CH2][Bi+2]([CH2]CCC)[CH2]CCC.[Cl-].[Cl-]. The van der Waals surface area contributed by atoms with Gasteiger partial charge in [-0.1, -0.05) is 0 Å². The van der Waals surface area contributed by atoms with Crippen molar-refractivity contribution in [3.05, 3.63) is 0 Å². The molecule has 0 aliphatic rings. The molecule has 0 aromatic carbocycles. The van der Waals surface area contributed by atoms with Crippen molar-refractivity contribution >= 4 is 21.8 Å². The Kier molecular flexibility index (Phi) is 25.8. The molecule has 0 atom stereocenters. The van der Waals surface area contributed by atoms with Gasteiger partial charge in [0, 0.05) is 0 Å². The molecule has 0 rings (SSSR count). The van der Waals surface area contributed by atoms with Crippen molar-refractivity contribution < 1.29 is 24.8 Å². The van der Waals surface area contributed by atoms with E-state index in [2.05, 4.69) is 20.8 Å². The smallest absolute Gasteiger partial charge is 1.00 e. The standard InChI is InChI=1S/3C4H9.Bi.2ClH/c3*1-3-4-2;;;/h3*1,3-4H2,2H3;;2*1H/q;;;+2;;/p-2. The van der Waals surface area contributed by atoms with Crippen LogP contribution >= 0.6 is 0 Å². The fraction of sp³-hybridized carbons (Fsp3) is 1.00. The van der Waals surface area contributed by atoms with Crippen molar-refractivity contribution in [1.29, 1.82) is 0 Å². The fourth-order valence-electron chi connectivity index (χ4n) is 1.48. The summed E-state index contributed by atoms with van der Waals surface area (Å²) < 4.78 is 5.06. The molecule has 15 heavy (non-hydrogen) atoms. The number of rotatable bonds is 9. The van der Waals surface area contributed by atoms with Gasteiger partial charge in [0.1, 0.15) is 0 Å². The van der Waals surface area contributed by atoms with Crippen molar-refractivity contribution in [2.75, 3.05) is 0 Å². The van der Waals surface area contributed by atoms with Gasteiger partial charge in [-0.25, -0.2) is 0 Å². The second-order valence-electron chi connectivity index (χ2n) is 3.90. The predicted octanol–water partition coefficient (Wildman–Crippen LogP) is -1.11. The van der Waals surface area contributed by atoms with E-state index in [1.54, 1.807) is 12.4 Å². The minimum Gasteiger partial charge on any atom is -1.00 e. The van der Waals surface area contributed by atoms with Gasteiger partial charge in [0.25, 0.3) is 0 Å². The Morgan fingerprint density at radius 2 is 0.867 bits per heavy atom. The third kappa shape index (κ3) is 15.5. The first-order chi connectivity index (χ1) is 6.35. The molecule has 0 spiro atoms. The zero-order valence-electron chi connectivity index (χ0n) is 10.6. The molecule has 3 heteroatoms. The van der Waals surface area contributed by atoms with Crippen LogP contribution in [0.25, 0.3) is 0 Å². The topological polar surface area (TPSA) is 0 Å². The molecule has 0 saturated carbocycles. The van der Waals surface area contributed by atoms with E-state index in [9.17, 15) is 0 Å². The molecule has 0 aromatic heterocycles. The van der Waals surface area contributed by atoms with Gasteiger partial charge < -0.3 is 24.8 Å². The van der Waals surface area contributed by atoms with Crippen LogP contribution in [0.15, 0.2) is 0 Å². The van der Waals surface area contributed by atoms with Crippen LogP contribution in [-0.4, -0.2) is 21.8 Å². The molecule has 0 saturated heterocycles. The van der Waals surface area contributed by atoms with Crippen molar-refractivity contribution in [2.24, 2.45) is 0 Å². The quantitative estimate of drug-likeness (QED) is 0.391. The number of hydrogen-bond donors (Lipinski definition) is 0. The molecule has 0 aliphatic carbocycles. The number of hydrogen-bond acceptors (Lipinski definition) is 0. The Labute approximate surface area is 117 Å². The summed E-state index contributed by atoms with van der Waals surface area (Å²) in [5.41, 5.74) is 0. The van der Waals surface area contributed by atoms with Gasteiger partial charge in [0.2, 0.25) is 0 Å². The summed E-state index contributed by atoms with van der Waals surface area (Å²) in [5.74, 6) is 0. The van der Waals surface area contributed by atoms with Crippen LogP contribution < -0.4 is 24.8 Å². The first kappa shape index (κ1) is 21.7. The van der Waals surface area contributed by atoms with E-state index in [4.69, 9.17) is 0 Å². The molecule has 0 unspecified atom stereocenters. The van der Waals surface area contributed by atoms with E-state index in [-0.39, 0.29) is 24.8 Å². The first-order valence-electron chi connectivity index (χ1n) is 6.07. The van der Waals surface area contributed by atoms with E-state index >= 15 is 0 Å². The van der Waals surface area contributed by atoms with Gasteiger partial charge >= 0.3 is 93.4 Å². The maximum Gasteiger partial charge on any atom is -1.00 e. The van der Waals surface area contributed by atoms with E-state index in [1.165, 1.54) is 38.5 Å². The Morgan fingerprint density at radius 3 is 1.07 bits per heavy atom. The molecule has 0 radical (unpaired) electrons.